The van der Waals surface area contributed by atoms with Crippen molar-refractivity contribution in [3.63, 3.8) is 0 Å². The van der Waals surface area contributed by atoms with Gasteiger partial charge in [-0.15, -0.1) is 0 Å². The fraction of sp³-hybridized carbons (Fsp3) is 0.500. The number of hydrogen-bond acceptors (Lipinski definition) is 5. The van der Waals surface area contributed by atoms with Gasteiger partial charge in [0.1, 0.15) is 6.04 Å². The number of carbonyl (C=O) groups is 4. The second kappa shape index (κ2) is 18.0. The summed E-state index contributed by atoms with van der Waals surface area (Å²) in [6.07, 6.45) is 6.73. The van der Waals surface area contributed by atoms with Gasteiger partial charge in [0.05, 0.1) is 5.41 Å². The summed E-state index contributed by atoms with van der Waals surface area (Å²) in [6, 6.07) is 23.1. The molecular formula is C40H54N6O4. The van der Waals surface area contributed by atoms with Crippen LogP contribution in [-0.2, 0) is 27.2 Å². The molecule has 0 aliphatic carbocycles. The fourth-order valence-corrected chi connectivity index (χ4v) is 7.46. The van der Waals surface area contributed by atoms with Gasteiger partial charge in [0.25, 0.3) is 0 Å². The SMILES string of the molecule is CCNC(=O)[C@]1(Cc2ccccc2)CCCN(C(=O)C(Cc2ccc3ccccc3c2)NC(=O)N2CCC(NC(=O)CCCCCN)CC2)C1. The van der Waals surface area contributed by atoms with E-state index in [1.54, 1.807) is 9.80 Å². The minimum Gasteiger partial charge on any atom is -0.356 e. The molecule has 2 saturated heterocycles. The first-order valence-corrected chi connectivity index (χ1v) is 18.4. The summed E-state index contributed by atoms with van der Waals surface area (Å²) in [7, 11) is 0. The quantitative estimate of drug-likeness (QED) is 0.185. The topological polar surface area (TPSA) is 137 Å². The van der Waals surface area contributed by atoms with Gasteiger partial charge in [0.15, 0.2) is 0 Å². The van der Waals surface area contributed by atoms with Crippen LogP contribution >= 0.6 is 0 Å². The highest BCUT2D eigenvalue weighted by Gasteiger charge is 2.44. The van der Waals surface area contributed by atoms with Gasteiger partial charge in [-0.1, -0.05) is 79.2 Å². The van der Waals surface area contributed by atoms with Gasteiger partial charge in [-0.05, 0) is 80.3 Å². The highest BCUT2D eigenvalue weighted by molar-refractivity contribution is 5.90. The molecule has 3 aromatic carbocycles. The molecule has 2 atom stereocenters. The van der Waals surface area contributed by atoms with Crippen molar-refractivity contribution in [1.29, 1.82) is 0 Å². The van der Waals surface area contributed by atoms with Crippen LogP contribution in [0.1, 0.15) is 69.4 Å². The molecule has 0 spiro atoms. The Morgan fingerprint density at radius 3 is 2.34 bits per heavy atom. The van der Waals surface area contributed by atoms with Crippen molar-refractivity contribution in [3.05, 3.63) is 83.9 Å². The molecule has 0 radical (unpaired) electrons. The van der Waals surface area contributed by atoms with E-state index in [-0.39, 0.29) is 36.3 Å². The highest BCUT2D eigenvalue weighted by atomic mass is 16.2. The molecule has 0 bridgehead atoms. The first kappa shape index (κ1) is 36.8. The number of likely N-dealkylation sites (tertiary alicyclic amines) is 2. The Bertz CT molecular complexity index is 1590. The molecule has 0 saturated carbocycles. The van der Waals surface area contributed by atoms with Gasteiger partial charge in [-0.25, -0.2) is 4.79 Å². The molecule has 2 heterocycles. The lowest BCUT2D eigenvalue weighted by molar-refractivity contribution is -0.143. The summed E-state index contributed by atoms with van der Waals surface area (Å²) in [5, 5.41) is 11.5. The third kappa shape index (κ3) is 9.84. The summed E-state index contributed by atoms with van der Waals surface area (Å²) in [5.74, 6) is -0.171. The Morgan fingerprint density at radius 2 is 1.60 bits per heavy atom. The van der Waals surface area contributed by atoms with Crippen molar-refractivity contribution in [3.8, 4) is 0 Å². The maximum Gasteiger partial charge on any atom is 0.318 e. The van der Waals surface area contributed by atoms with Crippen molar-refractivity contribution in [2.45, 2.75) is 83.2 Å². The molecule has 50 heavy (non-hydrogen) atoms. The lowest BCUT2D eigenvalue weighted by Gasteiger charge is -2.43. The fourth-order valence-electron chi connectivity index (χ4n) is 7.46. The number of urea groups is 1. The number of nitrogens with two attached hydrogens (primary N) is 1. The molecule has 5 rings (SSSR count). The number of nitrogens with one attached hydrogen (secondary N) is 3. The number of nitrogens with zero attached hydrogens (tertiary/aromatic N) is 2. The lowest BCUT2D eigenvalue weighted by atomic mass is 9.74. The van der Waals surface area contributed by atoms with E-state index in [0.29, 0.717) is 77.7 Å². The second-order valence-corrected chi connectivity index (χ2v) is 14.0. The monoisotopic (exact) mass is 682 g/mol. The summed E-state index contributed by atoms with van der Waals surface area (Å²) in [6.45, 7) is 4.85. The lowest BCUT2D eigenvalue weighted by Crippen LogP contribution is -2.59. The molecule has 268 valence electrons. The molecule has 5 amide bonds. The van der Waals surface area contributed by atoms with Gasteiger partial charge in [-0.2, -0.15) is 0 Å². The smallest absolute Gasteiger partial charge is 0.318 e. The van der Waals surface area contributed by atoms with E-state index in [1.165, 1.54) is 0 Å². The van der Waals surface area contributed by atoms with Gasteiger partial charge < -0.3 is 31.5 Å². The third-order valence-electron chi connectivity index (χ3n) is 10.2. The first-order valence-electron chi connectivity index (χ1n) is 18.4. The van der Waals surface area contributed by atoms with Gasteiger partial charge in [-0.3, -0.25) is 14.4 Å². The molecular weight excluding hydrogens is 628 g/mol. The predicted molar refractivity (Wildman–Crippen MR) is 197 cm³/mol. The summed E-state index contributed by atoms with van der Waals surface area (Å²) in [4.78, 5) is 57.9. The molecule has 2 aliphatic rings. The molecule has 1 unspecified atom stereocenters. The number of hydrogen-bond donors (Lipinski definition) is 4. The Labute approximate surface area is 296 Å². The van der Waals surface area contributed by atoms with E-state index in [2.05, 4.69) is 28.1 Å². The zero-order valence-electron chi connectivity index (χ0n) is 29.5. The van der Waals surface area contributed by atoms with Crippen LogP contribution in [0.2, 0.25) is 0 Å². The Morgan fingerprint density at radius 1 is 0.860 bits per heavy atom. The van der Waals surface area contributed by atoms with E-state index in [1.807, 2.05) is 67.6 Å². The zero-order valence-corrected chi connectivity index (χ0v) is 29.5. The molecule has 0 aromatic heterocycles. The van der Waals surface area contributed by atoms with Crippen LogP contribution in [0.25, 0.3) is 10.8 Å². The molecule has 10 heteroatoms. The highest BCUT2D eigenvalue weighted by Crippen LogP contribution is 2.35. The van der Waals surface area contributed by atoms with Crippen LogP contribution in [0.15, 0.2) is 72.8 Å². The van der Waals surface area contributed by atoms with Crippen LogP contribution in [0.3, 0.4) is 0 Å². The van der Waals surface area contributed by atoms with Gasteiger partial charge in [0, 0.05) is 51.6 Å². The average molecular weight is 683 g/mol. The van der Waals surface area contributed by atoms with E-state index in [4.69, 9.17) is 5.73 Å². The number of carbonyl (C=O) groups excluding carboxylic acids is 4. The number of benzene rings is 3. The Kier molecular flexibility index (Phi) is 13.3. The Hall–Kier alpha value is -4.44. The van der Waals surface area contributed by atoms with E-state index < -0.39 is 11.5 Å². The summed E-state index contributed by atoms with van der Waals surface area (Å²) < 4.78 is 0. The molecule has 2 aliphatic heterocycles. The van der Waals surface area contributed by atoms with Crippen molar-refractivity contribution in [2.24, 2.45) is 11.1 Å². The number of unbranched alkanes of at least 4 members (excludes halogenated alkanes) is 2. The van der Waals surface area contributed by atoms with E-state index >= 15 is 0 Å². The van der Waals surface area contributed by atoms with E-state index in [9.17, 15) is 19.2 Å². The normalized spacial score (nSPS) is 18.8. The second-order valence-electron chi connectivity index (χ2n) is 14.0. The minimum atomic E-state index is -0.809. The third-order valence-corrected chi connectivity index (χ3v) is 10.2. The first-order chi connectivity index (χ1) is 24.3. The minimum absolute atomic E-state index is 0.0245. The standard InChI is InChI=1S/C40H54N6O4/c1-2-42-38(49)40(28-30-12-5-3-6-13-30)21-11-23-46(29-40)37(48)35(27-31-17-18-32-14-8-9-15-33(32)26-31)44-39(50)45-24-19-34(20-25-45)43-36(47)16-7-4-10-22-41/h3,5-6,8-9,12-15,17-18,26,34-35H,2,4,7,10-11,16,19-25,27-29,41H2,1H3,(H,42,49)(H,43,47)(H,44,50)/t35?,40-/m0/s1. The van der Waals surface area contributed by atoms with Crippen LogP contribution < -0.4 is 21.7 Å². The molecule has 10 nitrogen and oxygen atoms in total. The number of rotatable bonds is 14. The predicted octanol–water partition coefficient (Wildman–Crippen LogP) is 4.55. The van der Waals surface area contributed by atoms with Gasteiger partial charge >= 0.3 is 6.03 Å². The molecule has 5 N–H and O–H groups in total. The zero-order chi connectivity index (χ0) is 35.3. The number of amides is 5. The van der Waals surface area contributed by atoms with Gasteiger partial charge in [0.2, 0.25) is 17.7 Å². The van der Waals surface area contributed by atoms with Crippen molar-refractivity contribution >= 4 is 34.5 Å². The van der Waals surface area contributed by atoms with Crippen molar-refractivity contribution in [1.82, 2.24) is 25.8 Å². The number of fused-ring (bicyclic) bond motifs is 1. The maximum atomic E-state index is 14.5. The largest absolute Gasteiger partial charge is 0.356 e. The van der Waals surface area contributed by atoms with Crippen molar-refractivity contribution in [2.75, 3.05) is 39.3 Å². The molecule has 3 aromatic rings. The number of piperidine rings is 2. The van der Waals surface area contributed by atoms with Crippen LogP contribution in [0.4, 0.5) is 4.79 Å². The maximum absolute atomic E-state index is 14.5. The Balaban J connectivity index is 1.30. The van der Waals surface area contributed by atoms with Crippen molar-refractivity contribution < 1.29 is 19.2 Å². The average Bonchev–Trinajstić information content (AvgIpc) is 3.13. The summed E-state index contributed by atoms with van der Waals surface area (Å²) >= 11 is 0. The van der Waals surface area contributed by atoms with Crippen LogP contribution in [-0.4, -0.2) is 84.9 Å². The van der Waals surface area contributed by atoms with Crippen LogP contribution in [0.5, 0.6) is 0 Å². The summed E-state index contributed by atoms with van der Waals surface area (Å²) in [5.41, 5.74) is 6.80. The molecule has 2 fully saturated rings. The van der Waals surface area contributed by atoms with E-state index in [0.717, 1.165) is 41.2 Å². The van der Waals surface area contributed by atoms with Crippen LogP contribution in [0, 0.1) is 5.41 Å².